The molecule has 1 N–H and O–H groups in total. The summed E-state index contributed by atoms with van der Waals surface area (Å²) in [7, 11) is 0. The molecule has 3 aromatic rings. The molecule has 0 aromatic carbocycles. The first-order chi connectivity index (χ1) is 12.7. The average molecular weight is 350 g/mol. The van der Waals surface area contributed by atoms with Crippen LogP contribution in [0.1, 0.15) is 37.1 Å². The van der Waals surface area contributed by atoms with Gasteiger partial charge in [-0.15, -0.1) is 0 Å². The monoisotopic (exact) mass is 350 g/mol. The lowest BCUT2D eigenvalue weighted by molar-refractivity contribution is -0.117. The number of fused-ring (bicyclic) bond motifs is 1. The van der Waals surface area contributed by atoms with Crippen molar-refractivity contribution in [2.24, 2.45) is 0 Å². The highest BCUT2D eigenvalue weighted by Gasteiger charge is 2.26. The smallest absolute Gasteiger partial charge is 0.276 e. The zero-order chi connectivity index (χ0) is 18.1. The molecule has 3 heterocycles. The number of rotatable bonds is 5. The molecule has 1 aliphatic carbocycles. The van der Waals surface area contributed by atoms with Crippen molar-refractivity contribution in [3.8, 4) is 0 Å². The van der Waals surface area contributed by atoms with Gasteiger partial charge < -0.3 is 5.32 Å². The minimum atomic E-state index is -0.373. The highest BCUT2D eigenvalue weighted by atomic mass is 16.2. The molecular weight excluding hydrogens is 332 g/mol. The predicted octanol–water partition coefficient (Wildman–Crippen LogP) is 1.66. The van der Waals surface area contributed by atoms with Crippen LogP contribution in [0.15, 0.2) is 35.5 Å². The van der Waals surface area contributed by atoms with E-state index in [-0.39, 0.29) is 18.0 Å². The molecule has 4 rings (SSSR count). The van der Waals surface area contributed by atoms with E-state index in [1.165, 1.54) is 17.2 Å². The SMILES string of the molecule is CCc1nn(CC(=O)Nc2ccncn2)c(=O)c2ccc(C3CC3)nc12. The van der Waals surface area contributed by atoms with Crippen LogP contribution >= 0.6 is 0 Å². The highest BCUT2D eigenvalue weighted by molar-refractivity contribution is 5.89. The predicted molar refractivity (Wildman–Crippen MR) is 95.8 cm³/mol. The van der Waals surface area contributed by atoms with Crippen molar-refractivity contribution in [1.29, 1.82) is 0 Å². The number of amides is 1. The van der Waals surface area contributed by atoms with Crippen LogP contribution in [0.5, 0.6) is 0 Å². The van der Waals surface area contributed by atoms with Gasteiger partial charge in [0.15, 0.2) is 0 Å². The van der Waals surface area contributed by atoms with Crippen LogP contribution in [0, 0.1) is 0 Å². The number of hydrogen-bond donors (Lipinski definition) is 1. The van der Waals surface area contributed by atoms with E-state index in [4.69, 9.17) is 0 Å². The van der Waals surface area contributed by atoms with Crippen LogP contribution in [0.4, 0.5) is 5.82 Å². The summed E-state index contributed by atoms with van der Waals surface area (Å²) in [5.74, 6) is 0.512. The molecule has 1 aliphatic rings. The number of hydrogen-bond acceptors (Lipinski definition) is 6. The normalized spacial score (nSPS) is 13.7. The quantitative estimate of drug-likeness (QED) is 0.751. The molecule has 1 saturated carbocycles. The van der Waals surface area contributed by atoms with E-state index in [1.54, 1.807) is 12.1 Å². The molecule has 0 atom stereocenters. The minimum Gasteiger partial charge on any atom is -0.309 e. The lowest BCUT2D eigenvalue weighted by Gasteiger charge is -2.10. The molecule has 3 aromatic heterocycles. The Morgan fingerprint density at radius 3 is 2.85 bits per heavy atom. The number of anilines is 1. The van der Waals surface area contributed by atoms with E-state index in [2.05, 4.69) is 25.4 Å². The van der Waals surface area contributed by atoms with Crippen LogP contribution in [0.3, 0.4) is 0 Å². The summed E-state index contributed by atoms with van der Waals surface area (Å²) in [5, 5.41) is 7.50. The van der Waals surface area contributed by atoms with E-state index in [9.17, 15) is 9.59 Å². The lowest BCUT2D eigenvalue weighted by Crippen LogP contribution is -2.31. The van der Waals surface area contributed by atoms with E-state index in [0.717, 1.165) is 24.2 Å². The summed E-state index contributed by atoms with van der Waals surface area (Å²) in [6, 6.07) is 5.29. The Hall–Kier alpha value is -3.16. The first-order valence-corrected chi connectivity index (χ1v) is 8.62. The van der Waals surface area contributed by atoms with E-state index < -0.39 is 0 Å². The summed E-state index contributed by atoms with van der Waals surface area (Å²) in [5.41, 5.74) is 2.07. The Kier molecular flexibility index (Phi) is 4.16. The van der Waals surface area contributed by atoms with Crippen molar-refractivity contribution < 1.29 is 4.79 Å². The molecule has 8 nitrogen and oxygen atoms in total. The second-order valence-corrected chi connectivity index (χ2v) is 6.31. The van der Waals surface area contributed by atoms with Gasteiger partial charge in [-0.3, -0.25) is 14.6 Å². The second kappa shape index (κ2) is 6.62. The molecule has 0 unspecified atom stereocenters. The van der Waals surface area contributed by atoms with Gasteiger partial charge >= 0.3 is 0 Å². The number of aryl methyl sites for hydroxylation is 1. The summed E-state index contributed by atoms with van der Waals surface area (Å²) in [4.78, 5) is 37.4. The van der Waals surface area contributed by atoms with Crippen molar-refractivity contribution in [1.82, 2.24) is 24.7 Å². The number of nitrogens with one attached hydrogen (secondary N) is 1. The minimum absolute atomic E-state index is 0.184. The van der Waals surface area contributed by atoms with Gasteiger partial charge in [0, 0.05) is 17.8 Å². The highest BCUT2D eigenvalue weighted by Crippen LogP contribution is 2.39. The Balaban J connectivity index is 1.66. The van der Waals surface area contributed by atoms with Crippen LogP contribution in [-0.2, 0) is 17.8 Å². The fourth-order valence-electron chi connectivity index (χ4n) is 2.88. The van der Waals surface area contributed by atoms with Crippen molar-refractivity contribution >= 4 is 22.6 Å². The third kappa shape index (κ3) is 3.17. The standard InChI is InChI=1S/C18H18N6O2/c1-2-13-17-12(5-6-14(21-17)11-3-4-11)18(26)24(23-13)9-16(25)22-15-7-8-19-10-20-15/h5-8,10-11H,2-4,9H2,1H3,(H,19,20,22,25). The number of aromatic nitrogens is 5. The molecule has 26 heavy (non-hydrogen) atoms. The molecular formula is C18H18N6O2. The van der Waals surface area contributed by atoms with Gasteiger partial charge in [0.1, 0.15) is 18.7 Å². The van der Waals surface area contributed by atoms with Crippen molar-refractivity contribution in [3.63, 3.8) is 0 Å². The van der Waals surface area contributed by atoms with Gasteiger partial charge in [0.25, 0.3) is 5.56 Å². The van der Waals surface area contributed by atoms with Crippen molar-refractivity contribution in [2.75, 3.05) is 5.32 Å². The summed E-state index contributed by atoms with van der Waals surface area (Å²) >= 11 is 0. The number of pyridine rings is 1. The van der Waals surface area contributed by atoms with Crippen molar-refractivity contribution in [3.05, 3.63) is 52.5 Å². The third-order valence-electron chi connectivity index (χ3n) is 4.37. The Morgan fingerprint density at radius 1 is 1.31 bits per heavy atom. The molecule has 132 valence electrons. The zero-order valence-corrected chi connectivity index (χ0v) is 14.3. The number of nitrogens with zero attached hydrogens (tertiary/aromatic N) is 5. The molecule has 0 spiro atoms. The van der Waals surface area contributed by atoms with Crippen LogP contribution in [0.25, 0.3) is 10.9 Å². The van der Waals surface area contributed by atoms with E-state index >= 15 is 0 Å². The first-order valence-electron chi connectivity index (χ1n) is 8.62. The molecule has 0 bridgehead atoms. The number of carbonyl (C=O) groups is 1. The third-order valence-corrected chi connectivity index (χ3v) is 4.37. The van der Waals surface area contributed by atoms with E-state index in [0.29, 0.717) is 29.1 Å². The summed E-state index contributed by atoms with van der Waals surface area (Å²) < 4.78 is 1.19. The fourth-order valence-corrected chi connectivity index (χ4v) is 2.88. The largest absolute Gasteiger partial charge is 0.309 e. The van der Waals surface area contributed by atoms with Crippen LogP contribution in [0.2, 0.25) is 0 Å². The van der Waals surface area contributed by atoms with Gasteiger partial charge in [0.05, 0.1) is 16.6 Å². The first kappa shape index (κ1) is 16.3. The molecule has 1 fully saturated rings. The molecule has 1 amide bonds. The van der Waals surface area contributed by atoms with Crippen LogP contribution in [-0.4, -0.2) is 30.6 Å². The van der Waals surface area contributed by atoms with Crippen LogP contribution < -0.4 is 10.9 Å². The maximum Gasteiger partial charge on any atom is 0.276 e. The maximum atomic E-state index is 12.7. The van der Waals surface area contributed by atoms with Gasteiger partial charge in [0.2, 0.25) is 5.91 Å². The zero-order valence-electron chi connectivity index (χ0n) is 14.3. The molecule has 0 aliphatic heterocycles. The lowest BCUT2D eigenvalue weighted by atomic mass is 10.1. The molecule has 0 radical (unpaired) electrons. The van der Waals surface area contributed by atoms with Gasteiger partial charge in [-0.25, -0.2) is 14.6 Å². The molecule has 0 saturated heterocycles. The maximum absolute atomic E-state index is 12.7. The Labute approximate surface area is 149 Å². The Bertz CT molecular complexity index is 1030. The van der Waals surface area contributed by atoms with Gasteiger partial charge in [-0.05, 0) is 37.5 Å². The number of carbonyl (C=O) groups excluding carboxylic acids is 1. The topological polar surface area (TPSA) is 103 Å². The van der Waals surface area contributed by atoms with E-state index in [1.807, 2.05) is 13.0 Å². The second-order valence-electron chi connectivity index (χ2n) is 6.31. The van der Waals surface area contributed by atoms with Crippen molar-refractivity contribution in [2.45, 2.75) is 38.6 Å². The van der Waals surface area contributed by atoms with Gasteiger partial charge in [-0.2, -0.15) is 5.10 Å². The Morgan fingerprint density at radius 2 is 2.15 bits per heavy atom. The summed E-state index contributed by atoms with van der Waals surface area (Å²) in [6.45, 7) is 1.78. The fraction of sp³-hybridized carbons (Fsp3) is 0.333. The summed E-state index contributed by atoms with van der Waals surface area (Å²) in [6.07, 6.45) is 5.79. The molecule has 8 heteroatoms. The average Bonchev–Trinajstić information content (AvgIpc) is 3.49. The van der Waals surface area contributed by atoms with Gasteiger partial charge in [-0.1, -0.05) is 6.92 Å².